The van der Waals surface area contributed by atoms with Gasteiger partial charge in [0, 0.05) is 46.0 Å². The molecule has 216 valence electrons. The van der Waals surface area contributed by atoms with Crippen LogP contribution >= 0.6 is 23.7 Å². The van der Waals surface area contributed by atoms with Gasteiger partial charge in [-0.2, -0.15) is 4.31 Å². The minimum atomic E-state index is -3.78. The van der Waals surface area contributed by atoms with Crippen LogP contribution in [0.5, 0.6) is 0 Å². The number of benzene rings is 2. The highest BCUT2D eigenvalue weighted by molar-refractivity contribution is 7.89. The average Bonchev–Trinajstić information content (AvgIpc) is 3.36. The molecule has 0 aliphatic carbocycles. The summed E-state index contributed by atoms with van der Waals surface area (Å²) in [4.78, 5) is 22.6. The Bertz CT molecular complexity index is 1290. The third-order valence-electron chi connectivity index (χ3n) is 6.45. The van der Waals surface area contributed by atoms with Crippen molar-refractivity contribution in [3.63, 3.8) is 0 Å². The van der Waals surface area contributed by atoms with Crippen molar-refractivity contribution in [2.45, 2.75) is 25.7 Å². The lowest BCUT2D eigenvalue weighted by atomic mass is 10.2. The predicted octanol–water partition coefficient (Wildman–Crippen LogP) is 4.30. The summed E-state index contributed by atoms with van der Waals surface area (Å²) in [5, 5.41) is 0.633. The Labute approximate surface area is 242 Å². The number of hydrogen-bond donors (Lipinski definition) is 0. The molecule has 3 aromatic rings. The van der Waals surface area contributed by atoms with Crippen LogP contribution in [-0.2, 0) is 19.5 Å². The number of anilines is 1. The van der Waals surface area contributed by atoms with Crippen molar-refractivity contribution >= 4 is 55.0 Å². The Morgan fingerprint density at radius 2 is 1.54 bits per heavy atom. The van der Waals surface area contributed by atoms with Gasteiger partial charge in [-0.3, -0.25) is 9.69 Å². The average molecular weight is 599 g/mol. The van der Waals surface area contributed by atoms with Gasteiger partial charge in [-0.05, 0) is 55.9 Å². The first-order valence-electron chi connectivity index (χ1n) is 12.7. The Morgan fingerprint density at radius 1 is 0.923 bits per heavy atom. The summed E-state index contributed by atoms with van der Waals surface area (Å²) in [5.74, 6) is -0.214. The molecule has 2 aromatic carbocycles. The van der Waals surface area contributed by atoms with E-state index in [1.165, 1.54) is 42.0 Å². The molecule has 3 rings (SSSR count). The number of sulfonamides is 1. The number of methoxy groups -OCH3 is 2. The fourth-order valence-corrected chi connectivity index (χ4v) is 6.54. The molecule has 39 heavy (non-hydrogen) atoms. The lowest BCUT2D eigenvalue weighted by Crippen LogP contribution is -2.39. The van der Waals surface area contributed by atoms with E-state index in [9.17, 15) is 13.2 Å². The largest absolute Gasteiger partial charge is 0.383 e. The topological polar surface area (TPSA) is 92.3 Å². The maximum absolute atomic E-state index is 13.8. The number of rotatable bonds is 15. The van der Waals surface area contributed by atoms with Gasteiger partial charge in [-0.1, -0.05) is 37.3 Å². The smallest absolute Gasteiger partial charge is 0.260 e. The molecule has 0 aliphatic heterocycles. The van der Waals surface area contributed by atoms with Crippen LogP contribution in [0.4, 0.5) is 5.13 Å². The summed E-state index contributed by atoms with van der Waals surface area (Å²) in [7, 11) is -0.723. The highest BCUT2D eigenvalue weighted by atomic mass is 35.5. The first kappa shape index (κ1) is 33.1. The number of thiazole rings is 1. The van der Waals surface area contributed by atoms with Gasteiger partial charge in [0.25, 0.3) is 5.91 Å². The SMILES string of the molecule is CCN(CC)CCN(C(=O)c1ccc(S(=O)(=O)N(CCOC)CCOC)cc1)c1nc2c(C)cccc2s1.Cl. The number of aromatic nitrogens is 1. The molecule has 0 aliphatic rings. The molecule has 1 aromatic heterocycles. The van der Waals surface area contributed by atoms with Crippen molar-refractivity contribution in [2.24, 2.45) is 0 Å². The number of nitrogens with zero attached hydrogens (tertiary/aromatic N) is 4. The monoisotopic (exact) mass is 598 g/mol. The summed E-state index contributed by atoms with van der Waals surface area (Å²) >= 11 is 1.49. The number of hydrogen-bond acceptors (Lipinski definition) is 8. The number of amides is 1. The molecule has 12 heteroatoms. The summed E-state index contributed by atoms with van der Waals surface area (Å²) in [6, 6.07) is 12.1. The van der Waals surface area contributed by atoms with Crippen LogP contribution in [0, 0.1) is 6.92 Å². The first-order valence-corrected chi connectivity index (χ1v) is 15.0. The number of ether oxygens (including phenoxy) is 2. The molecular weight excluding hydrogens is 560 g/mol. The minimum Gasteiger partial charge on any atom is -0.383 e. The quantitative estimate of drug-likeness (QED) is 0.258. The normalized spacial score (nSPS) is 11.8. The Hall–Kier alpha value is -2.12. The minimum absolute atomic E-state index is 0. The van der Waals surface area contributed by atoms with Gasteiger partial charge in [-0.15, -0.1) is 12.4 Å². The predicted molar refractivity (Wildman–Crippen MR) is 160 cm³/mol. The second-order valence-corrected chi connectivity index (χ2v) is 11.8. The van der Waals surface area contributed by atoms with Gasteiger partial charge in [0.15, 0.2) is 5.13 Å². The fraction of sp³-hybridized carbons (Fsp3) is 0.481. The molecule has 0 N–H and O–H groups in total. The third kappa shape index (κ3) is 8.20. The molecule has 0 radical (unpaired) electrons. The summed E-state index contributed by atoms with van der Waals surface area (Å²) < 4.78 is 39.0. The van der Waals surface area contributed by atoms with Crippen molar-refractivity contribution < 1.29 is 22.7 Å². The van der Waals surface area contributed by atoms with Gasteiger partial charge in [-0.25, -0.2) is 13.4 Å². The molecule has 9 nitrogen and oxygen atoms in total. The van der Waals surface area contributed by atoms with E-state index >= 15 is 0 Å². The maximum Gasteiger partial charge on any atom is 0.260 e. The highest BCUT2D eigenvalue weighted by Gasteiger charge is 2.26. The van der Waals surface area contributed by atoms with Crippen LogP contribution in [0.15, 0.2) is 47.4 Å². The van der Waals surface area contributed by atoms with Crippen molar-refractivity contribution in [1.29, 1.82) is 0 Å². The van der Waals surface area contributed by atoms with Crippen molar-refractivity contribution in [1.82, 2.24) is 14.2 Å². The summed E-state index contributed by atoms with van der Waals surface area (Å²) in [6.45, 7) is 10.1. The Balaban J connectivity index is 0.00000533. The summed E-state index contributed by atoms with van der Waals surface area (Å²) in [5.41, 5.74) is 2.35. The van der Waals surface area contributed by atoms with Crippen LogP contribution < -0.4 is 4.90 Å². The van der Waals surface area contributed by atoms with E-state index in [1.54, 1.807) is 17.0 Å². The van der Waals surface area contributed by atoms with Crippen LogP contribution in [0.25, 0.3) is 10.2 Å². The van der Waals surface area contributed by atoms with E-state index < -0.39 is 10.0 Å². The van der Waals surface area contributed by atoms with Gasteiger partial charge in [0.2, 0.25) is 10.0 Å². The van der Waals surface area contributed by atoms with E-state index in [4.69, 9.17) is 14.5 Å². The zero-order valence-electron chi connectivity index (χ0n) is 23.3. The van der Waals surface area contributed by atoms with Crippen LogP contribution in [0.1, 0.15) is 29.8 Å². The van der Waals surface area contributed by atoms with Gasteiger partial charge >= 0.3 is 0 Å². The van der Waals surface area contributed by atoms with Crippen LogP contribution in [0.2, 0.25) is 0 Å². The van der Waals surface area contributed by atoms with Gasteiger partial charge in [0.05, 0.1) is 28.3 Å². The van der Waals surface area contributed by atoms with E-state index in [0.717, 1.165) is 28.9 Å². The molecular formula is C27H39ClN4O5S2. The Morgan fingerprint density at radius 3 is 2.08 bits per heavy atom. The lowest BCUT2D eigenvalue weighted by Gasteiger charge is -2.25. The number of halogens is 1. The molecule has 0 unspecified atom stereocenters. The molecule has 1 amide bonds. The van der Waals surface area contributed by atoms with E-state index in [1.807, 2.05) is 25.1 Å². The fourth-order valence-electron chi connectivity index (χ4n) is 4.07. The molecule has 0 saturated carbocycles. The molecule has 0 saturated heterocycles. The zero-order valence-corrected chi connectivity index (χ0v) is 25.7. The van der Waals surface area contributed by atoms with Crippen LogP contribution in [0.3, 0.4) is 0 Å². The number of aryl methyl sites for hydroxylation is 1. The first-order chi connectivity index (χ1) is 18.3. The highest BCUT2D eigenvalue weighted by Crippen LogP contribution is 2.31. The van der Waals surface area contributed by atoms with Crippen molar-refractivity contribution in [2.75, 3.05) is 71.6 Å². The van der Waals surface area contributed by atoms with E-state index in [2.05, 4.69) is 18.7 Å². The molecule has 0 atom stereocenters. The molecule has 0 spiro atoms. The summed E-state index contributed by atoms with van der Waals surface area (Å²) in [6.07, 6.45) is 0. The van der Waals surface area contributed by atoms with Crippen LogP contribution in [-0.4, -0.2) is 95.2 Å². The van der Waals surface area contributed by atoms with Crippen molar-refractivity contribution in [3.8, 4) is 0 Å². The molecule has 0 fully saturated rings. The number of carbonyl (C=O) groups is 1. The number of para-hydroxylation sites is 1. The zero-order chi connectivity index (χ0) is 27.7. The van der Waals surface area contributed by atoms with E-state index in [0.29, 0.717) is 23.8 Å². The standard InChI is InChI=1S/C27H38N4O5S2.ClH/c1-6-29(7-2)15-16-31(27-28-25-21(3)9-8-10-24(25)37-27)26(32)22-11-13-23(14-12-22)38(33,34)30(17-19-35-4)18-20-36-5;/h8-14H,6-7,15-20H2,1-5H3;1H. The second-order valence-electron chi connectivity index (χ2n) is 8.82. The number of likely N-dealkylation sites (N-methyl/N-ethyl adjacent to an activating group) is 1. The maximum atomic E-state index is 13.8. The van der Waals surface area contributed by atoms with Gasteiger partial charge < -0.3 is 14.4 Å². The Kier molecular flexibility index (Phi) is 13.2. The molecule has 0 bridgehead atoms. The molecule has 1 heterocycles. The lowest BCUT2D eigenvalue weighted by molar-refractivity contribution is 0.0983. The number of fused-ring (bicyclic) bond motifs is 1. The second kappa shape index (κ2) is 15.6. The number of carbonyl (C=O) groups excluding carboxylic acids is 1. The van der Waals surface area contributed by atoms with Crippen molar-refractivity contribution in [3.05, 3.63) is 53.6 Å². The third-order valence-corrected chi connectivity index (χ3v) is 9.40. The van der Waals surface area contributed by atoms with E-state index in [-0.39, 0.29) is 49.5 Å². The van der Waals surface area contributed by atoms with Gasteiger partial charge in [0.1, 0.15) is 0 Å².